The Bertz CT molecular complexity index is 881. The summed E-state index contributed by atoms with van der Waals surface area (Å²) < 4.78 is 10.9. The molecule has 1 aliphatic heterocycles. The lowest BCUT2D eigenvalue weighted by atomic mass is 10.0. The smallest absolute Gasteiger partial charge is 0.278 e. The molecular formula is C22H27N3O3S. The van der Waals surface area contributed by atoms with Crippen LogP contribution in [0.3, 0.4) is 0 Å². The Kier molecular flexibility index (Phi) is 6.78. The van der Waals surface area contributed by atoms with Gasteiger partial charge in [0.05, 0.1) is 25.9 Å². The van der Waals surface area contributed by atoms with Crippen molar-refractivity contribution in [1.82, 2.24) is 9.88 Å². The van der Waals surface area contributed by atoms with Gasteiger partial charge in [-0.1, -0.05) is 0 Å². The maximum absolute atomic E-state index is 13.6. The van der Waals surface area contributed by atoms with Crippen LogP contribution < -0.4 is 14.4 Å². The highest BCUT2D eigenvalue weighted by atomic mass is 32.1. The van der Waals surface area contributed by atoms with Gasteiger partial charge in [0, 0.05) is 36.2 Å². The fourth-order valence-electron chi connectivity index (χ4n) is 3.65. The largest absolute Gasteiger partial charge is 0.497 e. The number of rotatable bonds is 6. The first-order chi connectivity index (χ1) is 14.0. The number of aromatic nitrogens is 1. The van der Waals surface area contributed by atoms with E-state index in [0.717, 1.165) is 31.6 Å². The molecule has 154 valence electrons. The average Bonchev–Trinajstić information content (AvgIpc) is 3.23. The van der Waals surface area contributed by atoms with Crippen molar-refractivity contribution in [2.24, 2.45) is 0 Å². The lowest BCUT2D eigenvalue weighted by molar-refractivity contribution is 0.0940. The van der Waals surface area contributed by atoms with Crippen LogP contribution in [0, 0.1) is 12.3 Å². The average molecular weight is 414 g/mol. The minimum absolute atomic E-state index is 0.0199. The Morgan fingerprint density at radius 2 is 2.00 bits per heavy atom. The van der Waals surface area contributed by atoms with Crippen molar-refractivity contribution in [3.63, 3.8) is 0 Å². The van der Waals surface area contributed by atoms with E-state index in [1.165, 1.54) is 11.3 Å². The van der Waals surface area contributed by atoms with Gasteiger partial charge in [0.2, 0.25) is 0 Å². The van der Waals surface area contributed by atoms with Crippen molar-refractivity contribution in [3.05, 3.63) is 34.3 Å². The Hall–Kier alpha value is -2.56. The second-order valence-electron chi connectivity index (χ2n) is 7.31. The summed E-state index contributed by atoms with van der Waals surface area (Å²) in [6.07, 6.45) is 7.40. The van der Waals surface area contributed by atoms with Crippen LogP contribution in [-0.2, 0) is 0 Å². The van der Waals surface area contributed by atoms with E-state index in [1.54, 1.807) is 25.7 Å². The molecule has 2 aromatic rings. The van der Waals surface area contributed by atoms with Gasteiger partial charge in [0.15, 0.2) is 5.01 Å². The number of piperidine rings is 1. The van der Waals surface area contributed by atoms with E-state index in [-0.39, 0.29) is 11.9 Å². The first kappa shape index (κ1) is 21.2. The Labute approximate surface area is 176 Å². The molecule has 2 heterocycles. The topological polar surface area (TPSA) is 54.9 Å². The zero-order chi connectivity index (χ0) is 21.0. The van der Waals surface area contributed by atoms with Crippen LogP contribution in [0.2, 0.25) is 0 Å². The quantitative estimate of drug-likeness (QED) is 0.677. The molecule has 0 bridgehead atoms. The Balaban J connectivity index is 2.04. The minimum atomic E-state index is -0.159. The van der Waals surface area contributed by atoms with Gasteiger partial charge in [0.25, 0.3) is 5.91 Å². The number of nitrogens with zero attached hydrogens (tertiary/aromatic N) is 3. The van der Waals surface area contributed by atoms with E-state index in [0.29, 0.717) is 28.2 Å². The van der Waals surface area contributed by atoms with Crippen molar-refractivity contribution >= 4 is 22.9 Å². The van der Waals surface area contributed by atoms with Crippen LogP contribution in [-0.4, -0.2) is 55.2 Å². The van der Waals surface area contributed by atoms with Gasteiger partial charge in [-0.05, 0) is 39.2 Å². The number of carbonyl (C=O) groups excluding carboxylic acids is 1. The first-order valence-corrected chi connectivity index (χ1v) is 10.6. The maximum Gasteiger partial charge on any atom is 0.278 e. The number of methoxy groups -OCH3 is 2. The van der Waals surface area contributed by atoms with Crippen molar-refractivity contribution in [2.75, 3.05) is 32.2 Å². The van der Waals surface area contributed by atoms with E-state index < -0.39 is 0 Å². The number of hydrogen-bond acceptors (Lipinski definition) is 6. The number of amides is 1. The summed E-state index contributed by atoms with van der Waals surface area (Å²) in [5.74, 6) is 3.62. The molecular weight excluding hydrogens is 386 g/mol. The molecule has 7 heteroatoms. The zero-order valence-corrected chi connectivity index (χ0v) is 18.2. The van der Waals surface area contributed by atoms with Gasteiger partial charge >= 0.3 is 0 Å². The molecule has 0 saturated carbocycles. The van der Waals surface area contributed by atoms with Gasteiger partial charge in [-0.2, -0.15) is 0 Å². The number of carbonyl (C=O) groups is 1. The molecule has 1 fully saturated rings. The van der Waals surface area contributed by atoms with E-state index in [2.05, 4.69) is 29.7 Å². The van der Waals surface area contributed by atoms with Crippen LogP contribution in [0.4, 0.5) is 5.69 Å². The lowest BCUT2D eigenvalue weighted by Crippen LogP contribution is -2.52. The minimum Gasteiger partial charge on any atom is -0.497 e. The van der Waals surface area contributed by atoms with Gasteiger partial charge in [0.1, 0.15) is 17.2 Å². The predicted molar refractivity (Wildman–Crippen MR) is 116 cm³/mol. The number of likely N-dealkylation sites (tertiary alicyclic amines) is 1. The van der Waals surface area contributed by atoms with Gasteiger partial charge in [-0.3, -0.25) is 9.69 Å². The zero-order valence-electron chi connectivity index (χ0n) is 17.3. The van der Waals surface area contributed by atoms with E-state index >= 15 is 0 Å². The summed E-state index contributed by atoms with van der Waals surface area (Å²) >= 11 is 1.30. The third kappa shape index (κ3) is 4.72. The van der Waals surface area contributed by atoms with E-state index in [1.807, 2.05) is 17.0 Å². The third-order valence-electron chi connectivity index (χ3n) is 5.20. The van der Waals surface area contributed by atoms with E-state index in [9.17, 15) is 4.79 Å². The number of ether oxygens (including phenoxy) is 2. The highest BCUT2D eigenvalue weighted by Gasteiger charge is 2.32. The maximum atomic E-state index is 13.6. The number of benzene rings is 1. The number of terminal acetylenes is 1. The number of hydrogen-bond donors (Lipinski definition) is 0. The van der Waals surface area contributed by atoms with Crippen molar-refractivity contribution in [3.8, 4) is 23.8 Å². The molecule has 1 atom stereocenters. The van der Waals surface area contributed by atoms with Gasteiger partial charge in [-0.15, -0.1) is 17.8 Å². The molecule has 0 N–H and O–H groups in total. The normalized spacial score (nSPS) is 17.0. The molecule has 6 nitrogen and oxygen atoms in total. The standard InChI is InChI=1S/C22H27N3O3S/c1-6-21-23-20(14-29-21)22(26)25(16-8-7-9-24(13-16)15(2)3)17-10-18(27-4)12-19(11-17)28-5/h1,10-12,14-16H,7-9,13H2,2-5H3/t16-/m1/s1. The molecule has 0 spiro atoms. The summed E-state index contributed by atoms with van der Waals surface area (Å²) in [4.78, 5) is 22.1. The Morgan fingerprint density at radius 3 is 2.55 bits per heavy atom. The van der Waals surface area contributed by atoms with Crippen LogP contribution >= 0.6 is 11.3 Å². The fraction of sp³-hybridized carbons (Fsp3) is 0.455. The summed E-state index contributed by atoms with van der Waals surface area (Å²) in [7, 11) is 3.21. The lowest BCUT2D eigenvalue weighted by Gasteiger charge is -2.41. The summed E-state index contributed by atoms with van der Waals surface area (Å²) in [6.45, 7) is 6.20. The van der Waals surface area contributed by atoms with Crippen LogP contribution in [0.1, 0.15) is 42.2 Å². The SMILES string of the molecule is C#Cc1nc(C(=O)N(c2cc(OC)cc(OC)c2)[C@@H]2CCCN(C(C)C)C2)cs1. The third-order valence-corrected chi connectivity index (χ3v) is 5.98. The monoisotopic (exact) mass is 413 g/mol. The van der Waals surface area contributed by atoms with Crippen LogP contribution in [0.15, 0.2) is 23.6 Å². The highest BCUT2D eigenvalue weighted by Crippen LogP contribution is 2.33. The second-order valence-corrected chi connectivity index (χ2v) is 8.17. The second kappa shape index (κ2) is 9.29. The Morgan fingerprint density at radius 1 is 1.31 bits per heavy atom. The molecule has 3 rings (SSSR count). The molecule has 0 aliphatic carbocycles. The molecule has 0 radical (unpaired) electrons. The molecule has 1 saturated heterocycles. The molecule has 1 aromatic heterocycles. The molecule has 0 unspecified atom stereocenters. The molecule has 1 aromatic carbocycles. The first-order valence-electron chi connectivity index (χ1n) is 9.69. The molecule has 29 heavy (non-hydrogen) atoms. The van der Waals surface area contributed by atoms with Gasteiger partial charge in [-0.25, -0.2) is 4.98 Å². The fourth-order valence-corrected chi connectivity index (χ4v) is 4.25. The molecule has 1 aliphatic rings. The summed E-state index contributed by atoms with van der Waals surface area (Å²) in [5.41, 5.74) is 1.10. The van der Waals surface area contributed by atoms with Crippen molar-refractivity contribution in [2.45, 2.75) is 38.8 Å². The summed E-state index contributed by atoms with van der Waals surface area (Å²) in [6, 6.07) is 5.97. The van der Waals surface area contributed by atoms with Crippen LogP contribution in [0.25, 0.3) is 0 Å². The van der Waals surface area contributed by atoms with E-state index in [4.69, 9.17) is 15.9 Å². The molecule has 1 amide bonds. The highest BCUT2D eigenvalue weighted by molar-refractivity contribution is 7.10. The van der Waals surface area contributed by atoms with Crippen LogP contribution in [0.5, 0.6) is 11.5 Å². The van der Waals surface area contributed by atoms with Crippen molar-refractivity contribution < 1.29 is 14.3 Å². The summed E-state index contributed by atoms with van der Waals surface area (Å²) in [5, 5.41) is 2.23. The number of thiazole rings is 1. The van der Waals surface area contributed by atoms with Crippen molar-refractivity contribution in [1.29, 1.82) is 0 Å². The predicted octanol–water partition coefficient (Wildman–Crippen LogP) is 3.66. The van der Waals surface area contributed by atoms with Gasteiger partial charge < -0.3 is 14.4 Å². The number of anilines is 1.